The molecular weight excluding hydrogens is 509 g/mol. The summed E-state index contributed by atoms with van der Waals surface area (Å²) in [5, 5.41) is 12.9. The summed E-state index contributed by atoms with van der Waals surface area (Å²) >= 11 is 5.92. The van der Waals surface area contributed by atoms with E-state index in [-0.39, 0.29) is 28.1 Å². The average Bonchev–Trinajstić information content (AvgIpc) is 3.62. The van der Waals surface area contributed by atoms with E-state index in [2.05, 4.69) is 10.3 Å². The van der Waals surface area contributed by atoms with Gasteiger partial charge in [0.1, 0.15) is 22.4 Å². The summed E-state index contributed by atoms with van der Waals surface area (Å²) in [6.45, 7) is 4.81. The molecule has 194 valence electrons. The molecule has 8 nitrogen and oxygen atoms in total. The molecule has 4 heterocycles. The summed E-state index contributed by atoms with van der Waals surface area (Å²) in [7, 11) is 0. The van der Waals surface area contributed by atoms with E-state index < -0.39 is 12.0 Å². The Morgan fingerprint density at radius 2 is 1.92 bits per heavy atom. The number of aryl methyl sites for hydroxylation is 1. The normalized spacial score (nSPS) is 15.5. The molecule has 2 N–H and O–H groups in total. The Labute approximate surface area is 222 Å². The lowest BCUT2D eigenvalue weighted by atomic mass is 10.1. The lowest BCUT2D eigenvalue weighted by Gasteiger charge is -2.23. The molecule has 3 aromatic heterocycles. The van der Waals surface area contributed by atoms with Gasteiger partial charge in [-0.2, -0.15) is 0 Å². The van der Waals surface area contributed by atoms with Gasteiger partial charge < -0.3 is 15.3 Å². The molecule has 1 atom stereocenters. The maximum atomic E-state index is 13.9. The lowest BCUT2D eigenvalue weighted by molar-refractivity contribution is 0.0691. The predicted molar refractivity (Wildman–Crippen MR) is 143 cm³/mol. The molecule has 38 heavy (non-hydrogen) atoms. The number of pyridine rings is 2. The van der Waals surface area contributed by atoms with Crippen LogP contribution in [-0.4, -0.2) is 25.4 Å². The molecule has 1 aliphatic heterocycles. The van der Waals surface area contributed by atoms with Crippen LogP contribution in [0.2, 0.25) is 5.15 Å². The van der Waals surface area contributed by atoms with Gasteiger partial charge in [-0.3, -0.25) is 9.20 Å². The second-order valence-electron chi connectivity index (χ2n) is 10.1. The maximum absolute atomic E-state index is 13.9. The minimum atomic E-state index is -1.20. The van der Waals surface area contributed by atoms with Gasteiger partial charge in [0, 0.05) is 24.8 Å². The summed E-state index contributed by atoms with van der Waals surface area (Å²) in [4.78, 5) is 36.7. The quantitative estimate of drug-likeness (QED) is 0.317. The first-order valence-electron chi connectivity index (χ1n) is 12.4. The van der Waals surface area contributed by atoms with Gasteiger partial charge in [-0.25, -0.2) is 19.2 Å². The van der Waals surface area contributed by atoms with E-state index in [0.717, 1.165) is 35.1 Å². The molecule has 0 radical (unpaired) electrons. The highest BCUT2D eigenvalue weighted by atomic mass is 35.5. The van der Waals surface area contributed by atoms with Crippen molar-refractivity contribution in [1.29, 1.82) is 0 Å². The number of carboxylic acid groups (broad SMARTS) is 1. The Balaban J connectivity index is 1.47. The number of hydrogen-bond acceptors (Lipinski definition) is 6. The van der Waals surface area contributed by atoms with E-state index >= 15 is 0 Å². The first-order chi connectivity index (χ1) is 18.2. The molecule has 1 saturated carbocycles. The fourth-order valence-corrected chi connectivity index (χ4v) is 5.39. The molecule has 1 aliphatic carbocycles. The lowest BCUT2D eigenvalue weighted by Crippen LogP contribution is -2.28. The zero-order valence-corrected chi connectivity index (χ0v) is 21.6. The number of benzene rings is 1. The molecule has 10 heteroatoms. The number of aromatic carboxylic acids is 1. The van der Waals surface area contributed by atoms with E-state index in [4.69, 9.17) is 16.6 Å². The third-order valence-electron chi connectivity index (χ3n) is 7.18. The van der Waals surface area contributed by atoms with Crippen LogP contribution in [0.5, 0.6) is 0 Å². The Morgan fingerprint density at radius 3 is 2.66 bits per heavy atom. The molecule has 0 spiro atoms. The van der Waals surface area contributed by atoms with Gasteiger partial charge in [-0.15, -0.1) is 0 Å². The third-order valence-corrected chi connectivity index (χ3v) is 7.39. The number of anilines is 2. The van der Waals surface area contributed by atoms with Crippen LogP contribution in [-0.2, 0) is 13.1 Å². The standard InChI is InChI=1S/C28H25ClFN5O3/c1-14-9-20(15(2)31-21-7-8-22(29)32-24(21)28(37)38)25-33-26(23(16-3-4-16)27(36)35(25)11-14)34-12-17-5-6-19(30)10-18(17)13-34/h5-11,15-16,31H,3-4,12-13H2,1-2H3,(H,37,38)/t15-/m1/s1. The highest BCUT2D eigenvalue weighted by Gasteiger charge is 2.35. The van der Waals surface area contributed by atoms with Gasteiger partial charge in [0.25, 0.3) is 5.56 Å². The van der Waals surface area contributed by atoms with Gasteiger partial charge >= 0.3 is 5.97 Å². The van der Waals surface area contributed by atoms with Crippen molar-refractivity contribution >= 4 is 34.7 Å². The average molecular weight is 534 g/mol. The monoisotopic (exact) mass is 533 g/mol. The van der Waals surface area contributed by atoms with E-state index in [1.807, 2.05) is 24.8 Å². The van der Waals surface area contributed by atoms with Crippen LogP contribution >= 0.6 is 11.6 Å². The van der Waals surface area contributed by atoms with Crippen molar-refractivity contribution in [2.75, 3.05) is 10.2 Å². The summed E-state index contributed by atoms with van der Waals surface area (Å²) in [5.74, 6) is -0.701. The number of hydrogen-bond donors (Lipinski definition) is 2. The minimum Gasteiger partial charge on any atom is -0.476 e. The minimum absolute atomic E-state index is 0.0820. The summed E-state index contributed by atoms with van der Waals surface area (Å²) in [5.41, 5.74) is 4.72. The topological polar surface area (TPSA) is 99.8 Å². The van der Waals surface area contributed by atoms with Gasteiger partial charge in [0.2, 0.25) is 0 Å². The molecule has 0 unspecified atom stereocenters. The second kappa shape index (κ2) is 9.09. The number of aromatic nitrogens is 3. The maximum Gasteiger partial charge on any atom is 0.356 e. The Morgan fingerprint density at radius 1 is 1.16 bits per heavy atom. The Bertz CT molecular complexity index is 1680. The van der Waals surface area contributed by atoms with E-state index in [9.17, 15) is 19.1 Å². The molecule has 1 fully saturated rings. The van der Waals surface area contributed by atoms with Crippen molar-refractivity contribution in [3.05, 3.63) is 97.4 Å². The van der Waals surface area contributed by atoms with E-state index in [0.29, 0.717) is 35.8 Å². The van der Waals surface area contributed by atoms with Crippen LogP contribution in [0.4, 0.5) is 15.9 Å². The smallest absolute Gasteiger partial charge is 0.356 e. The molecular formula is C28H25ClFN5O3. The van der Waals surface area contributed by atoms with Crippen molar-refractivity contribution in [2.24, 2.45) is 0 Å². The SMILES string of the molecule is Cc1cc([C@@H](C)Nc2ccc(Cl)nc2C(=O)O)c2nc(N3Cc4ccc(F)cc4C3)c(C3CC3)c(=O)n2c1. The van der Waals surface area contributed by atoms with Crippen LogP contribution in [0.15, 0.2) is 47.4 Å². The van der Waals surface area contributed by atoms with Crippen LogP contribution in [0, 0.1) is 12.7 Å². The molecule has 0 bridgehead atoms. The third kappa shape index (κ3) is 4.26. The number of fused-ring (bicyclic) bond motifs is 2. The number of nitrogens with one attached hydrogen (secondary N) is 1. The Kier molecular flexibility index (Phi) is 5.83. The number of halogens is 2. The summed E-state index contributed by atoms with van der Waals surface area (Å²) < 4.78 is 15.5. The van der Waals surface area contributed by atoms with Gasteiger partial charge in [-0.1, -0.05) is 17.7 Å². The number of rotatable bonds is 6. The molecule has 4 aromatic rings. The van der Waals surface area contributed by atoms with Gasteiger partial charge in [-0.05, 0) is 79.6 Å². The molecule has 2 aliphatic rings. The summed E-state index contributed by atoms with van der Waals surface area (Å²) in [6, 6.07) is 9.41. The number of carbonyl (C=O) groups is 1. The van der Waals surface area contributed by atoms with Gasteiger partial charge in [0.15, 0.2) is 5.69 Å². The van der Waals surface area contributed by atoms with Crippen molar-refractivity contribution in [3.63, 3.8) is 0 Å². The highest BCUT2D eigenvalue weighted by molar-refractivity contribution is 6.29. The van der Waals surface area contributed by atoms with Crippen molar-refractivity contribution < 1.29 is 14.3 Å². The van der Waals surface area contributed by atoms with Gasteiger partial charge in [0.05, 0.1) is 17.3 Å². The molecule has 1 aromatic carbocycles. The van der Waals surface area contributed by atoms with Crippen molar-refractivity contribution in [2.45, 2.75) is 51.7 Å². The number of nitrogens with zero attached hydrogens (tertiary/aromatic N) is 4. The Hall–Kier alpha value is -3.98. The highest BCUT2D eigenvalue weighted by Crippen LogP contribution is 2.44. The van der Waals surface area contributed by atoms with Crippen LogP contribution < -0.4 is 15.8 Å². The fourth-order valence-electron chi connectivity index (χ4n) is 5.24. The van der Waals surface area contributed by atoms with Crippen LogP contribution in [0.25, 0.3) is 5.65 Å². The fraction of sp³-hybridized carbons (Fsp3) is 0.286. The van der Waals surface area contributed by atoms with Crippen molar-refractivity contribution in [3.8, 4) is 0 Å². The largest absolute Gasteiger partial charge is 0.476 e. The van der Waals surface area contributed by atoms with E-state index in [1.165, 1.54) is 12.1 Å². The molecule has 0 amide bonds. The van der Waals surface area contributed by atoms with Crippen LogP contribution in [0.1, 0.15) is 70.0 Å². The summed E-state index contributed by atoms with van der Waals surface area (Å²) in [6.07, 6.45) is 3.66. The zero-order chi connectivity index (χ0) is 26.7. The van der Waals surface area contributed by atoms with E-state index in [1.54, 1.807) is 28.8 Å². The second-order valence-corrected chi connectivity index (χ2v) is 10.5. The number of carboxylic acids is 1. The van der Waals surface area contributed by atoms with Crippen LogP contribution in [0.3, 0.4) is 0 Å². The van der Waals surface area contributed by atoms with Crippen molar-refractivity contribution in [1.82, 2.24) is 14.4 Å². The predicted octanol–water partition coefficient (Wildman–Crippen LogP) is 5.46. The molecule has 6 rings (SSSR count). The first-order valence-corrected chi connectivity index (χ1v) is 12.8. The molecule has 0 saturated heterocycles. The zero-order valence-electron chi connectivity index (χ0n) is 20.8. The first kappa shape index (κ1) is 24.4.